The lowest BCUT2D eigenvalue weighted by Gasteiger charge is -2.10. The number of nitrogens with zero attached hydrogens (tertiary/aromatic N) is 1. The van der Waals surface area contributed by atoms with Gasteiger partial charge in [-0.05, 0) is 6.42 Å². The molecule has 7 heteroatoms. The highest BCUT2D eigenvalue weighted by molar-refractivity contribution is 6.44. The minimum absolute atomic E-state index is 0.184. The van der Waals surface area contributed by atoms with Crippen molar-refractivity contribution < 1.29 is 23.9 Å². The number of carbonyl (C=O) groups is 3. The summed E-state index contributed by atoms with van der Waals surface area (Å²) in [4.78, 5) is 33.9. The van der Waals surface area contributed by atoms with E-state index in [1.807, 2.05) is 5.32 Å². The number of hydrogen-bond donors (Lipinski definition) is 1. The van der Waals surface area contributed by atoms with Gasteiger partial charge in [0.15, 0.2) is 0 Å². The van der Waals surface area contributed by atoms with Gasteiger partial charge in [0.1, 0.15) is 0 Å². The predicted octanol–water partition coefficient (Wildman–Crippen LogP) is -0.882. The van der Waals surface area contributed by atoms with Gasteiger partial charge in [0.25, 0.3) is 0 Å². The van der Waals surface area contributed by atoms with Gasteiger partial charge in [-0.2, -0.15) is 0 Å². The first-order valence-corrected chi connectivity index (χ1v) is 4.90. The predicted molar refractivity (Wildman–Crippen MR) is 52.6 cm³/mol. The van der Waals surface area contributed by atoms with Gasteiger partial charge in [-0.25, -0.2) is 4.79 Å². The number of carbonyl (C=O) groups excluding carboxylic acids is 3. The summed E-state index contributed by atoms with van der Waals surface area (Å²) in [5.41, 5.74) is 0. The van der Waals surface area contributed by atoms with Crippen molar-refractivity contribution in [3.8, 4) is 0 Å². The molecule has 16 heavy (non-hydrogen) atoms. The highest BCUT2D eigenvalue weighted by atomic mass is 16.5. The monoisotopic (exact) mass is 230 g/mol. The van der Waals surface area contributed by atoms with Crippen LogP contribution in [-0.4, -0.2) is 56.2 Å². The highest BCUT2D eigenvalue weighted by Crippen LogP contribution is 2.01. The molecule has 0 aliphatic carbocycles. The third-order valence-electron chi connectivity index (χ3n) is 2.01. The molecule has 0 bridgehead atoms. The fraction of sp³-hybridized carbons (Fsp3) is 0.667. The number of imide groups is 2. The van der Waals surface area contributed by atoms with Gasteiger partial charge in [-0.1, -0.05) is 0 Å². The summed E-state index contributed by atoms with van der Waals surface area (Å²) in [7, 11) is 1.57. The zero-order chi connectivity index (χ0) is 12.0. The number of rotatable bonds is 7. The molecule has 1 aliphatic rings. The van der Waals surface area contributed by atoms with Gasteiger partial charge >= 0.3 is 17.8 Å². The topological polar surface area (TPSA) is 84.9 Å². The molecule has 0 saturated carbocycles. The van der Waals surface area contributed by atoms with E-state index in [1.54, 1.807) is 7.11 Å². The molecule has 0 spiro atoms. The van der Waals surface area contributed by atoms with E-state index in [-0.39, 0.29) is 6.54 Å². The molecule has 0 atom stereocenters. The van der Waals surface area contributed by atoms with E-state index in [9.17, 15) is 14.4 Å². The molecule has 90 valence electrons. The number of amides is 4. The minimum Gasteiger partial charge on any atom is -0.382 e. The van der Waals surface area contributed by atoms with Crippen LogP contribution in [0, 0.1) is 0 Å². The molecule has 0 aromatic rings. The molecule has 0 aromatic heterocycles. The van der Waals surface area contributed by atoms with Gasteiger partial charge in [0, 0.05) is 20.3 Å². The maximum Gasteiger partial charge on any atom is 0.331 e. The molecular weight excluding hydrogens is 216 g/mol. The fourth-order valence-corrected chi connectivity index (χ4v) is 1.21. The van der Waals surface area contributed by atoms with Crippen LogP contribution in [0.25, 0.3) is 0 Å². The van der Waals surface area contributed by atoms with Crippen molar-refractivity contribution >= 4 is 17.8 Å². The summed E-state index contributed by atoms with van der Waals surface area (Å²) >= 11 is 0. The maximum atomic E-state index is 11.1. The summed E-state index contributed by atoms with van der Waals surface area (Å²) in [6.07, 6.45) is 0.496. The van der Waals surface area contributed by atoms with Crippen LogP contribution >= 0.6 is 0 Å². The molecule has 0 aromatic carbocycles. The second kappa shape index (κ2) is 6.19. The van der Waals surface area contributed by atoms with Crippen LogP contribution in [0.3, 0.4) is 0 Å². The first-order valence-electron chi connectivity index (χ1n) is 4.90. The van der Waals surface area contributed by atoms with Crippen LogP contribution in [-0.2, 0) is 19.1 Å². The van der Waals surface area contributed by atoms with Crippen LogP contribution in [0.2, 0.25) is 0 Å². The molecular formula is C9H14N2O5. The van der Waals surface area contributed by atoms with E-state index < -0.39 is 17.8 Å². The van der Waals surface area contributed by atoms with Crippen molar-refractivity contribution in [1.29, 1.82) is 0 Å². The van der Waals surface area contributed by atoms with Crippen LogP contribution in [0.15, 0.2) is 0 Å². The Bertz CT molecular complexity index is 292. The Morgan fingerprint density at radius 1 is 1.19 bits per heavy atom. The van der Waals surface area contributed by atoms with Crippen LogP contribution in [0.1, 0.15) is 6.42 Å². The second-order valence-corrected chi connectivity index (χ2v) is 3.17. The average molecular weight is 230 g/mol. The quantitative estimate of drug-likeness (QED) is 0.348. The fourth-order valence-electron chi connectivity index (χ4n) is 1.21. The van der Waals surface area contributed by atoms with Crippen LogP contribution in [0.4, 0.5) is 4.79 Å². The van der Waals surface area contributed by atoms with Crippen LogP contribution in [0.5, 0.6) is 0 Å². The average Bonchev–Trinajstić information content (AvgIpc) is 2.49. The van der Waals surface area contributed by atoms with Crippen molar-refractivity contribution in [2.24, 2.45) is 0 Å². The second-order valence-electron chi connectivity index (χ2n) is 3.17. The third-order valence-corrected chi connectivity index (χ3v) is 2.01. The summed E-state index contributed by atoms with van der Waals surface area (Å²) in [6, 6.07) is -0.660. The smallest absolute Gasteiger partial charge is 0.331 e. The molecule has 1 saturated heterocycles. The SMILES string of the molecule is COCCOCCCN1C(=O)NC(=O)C1=O. The number of ether oxygens (including phenoxy) is 2. The molecule has 0 radical (unpaired) electrons. The summed E-state index contributed by atoms with van der Waals surface area (Å²) in [5, 5.41) is 1.92. The lowest BCUT2D eigenvalue weighted by Crippen LogP contribution is -2.32. The maximum absolute atomic E-state index is 11.1. The zero-order valence-corrected chi connectivity index (χ0v) is 9.02. The van der Waals surface area contributed by atoms with Gasteiger partial charge < -0.3 is 9.47 Å². The molecule has 1 heterocycles. The van der Waals surface area contributed by atoms with Crippen molar-refractivity contribution in [3.63, 3.8) is 0 Å². The van der Waals surface area contributed by atoms with Crippen LogP contribution < -0.4 is 5.32 Å². The lowest BCUT2D eigenvalue weighted by molar-refractivity contribution is -0.140. The molecule has 0 unspecified atom stereocenters. The molecule has 7 nitrogen and oxygen atoms in total. The Labute approximate surface area is 92.7 Å². The molecule has 1 N–H and O–H groups in total. The first kappa shape index (κ1) is 12.6. The number of hydrogen-bond acceptors (Lipinski definition) is 5. The summed E-state index contributed by atoms with van der Waals surface area (Å²) in [6.45, 7) is 1.56. The largest absolute Gasteiger partial charge is 0.382 e. The van der Waals surface area contributed by atoms with Gasteiger partial charge in [0.05, 0.1) is 13.2 Å². The molecule has 1 fully saturated rings. The minimum atomic E-state index is -0.870. The molecule has 1 rings (SSSR count). The van der Waals surface area contributed by atoms with E-state index in [0.29, 0.717) is 26.2 Å². The molecule has 1 aliphatic heterocycles. The van der Waals surface area contributed by atoms with Gasteiger partial charge in [0.2, 0.25) is 0 Å². The number of urea groups is 1. The normalized spacial score (nSPS) is 15.8. The Balaban J connectivity index is 2.15. The molecule has 4 amide bonds. The van der Waals surface area contributed by atoms with Crippen molar-refractivity contribution in [3.05, 3.63) is 0 Å². The Kier molecular flexibility index (Phi) is 4.87. The van der Waals surface area contributed by atoms with E-state index in [2.05, 4.69) is 0 Å². The standard InChI is InChI=1S/C9H14N2O5/c1-15-5-6-16-4-2-3-11-8(13)7(12)10-9(11)14/h2-6H2,1H3,(H,10,12,14). The van der Waals surface area contributed by atoms with Crippen molar-refractivity contribution in [2.75, 3.05) is 33.5 Å². The van der Waals surface area contributed by atoms with E-state index in [0.717, 1.165) is 4.90 Å². The lowest BCUT2D eigenvalue weighted by atomic mass is 10.4. The highest BCUT2D eigenvalue weighted by Gasteiger charge is 2.36. The Morgan fingerprint density at radius 3 is 2.50 bits per heavy atom. The summed E-state index contributed by atoms with van der Waals surface area (Å²) < 4.78 is 9.92. The Morgan fingerprint density at radius 2 is 1.94 bits per heavy atom. The Hall–Kier alpha value is -1.47. The third kappa shape index (κ3) is 3.28. The van der Waals surface area contributed by atoms with Crippen molar-refractivity contribution in [2.45, 2.75) is 6.42 Å². The van der Waals surface area contributed by atoms with E-state index >= 15 is 0 Å². The summed E-state index contributed by atoms with van der Waals surface area (Å²) in [5.74, 6) is -1.67. The van der Waals surface area contributed by atoms with Gasteiger partial charge in [-0.3, -0.25) is 19.8 Å². The van der Waals surface area contributed by atoms with E-state index in [1.165, 1.54) is 0 Å². The van der Waals surface area contributed by atoms with Gasteiger partial charge in [-0.15, -0.1) is 0 Å². The number of nitrogens with one attached hydrogen (secondary N) is 1. The zero-order valence-electron chi connectivity index (χ0n) is 9.02. The van der Waals surface area contributed by atoms with Crippen molar-refractivity contribution in [1.82, 2.24) is 10.2 Å². The van der Waals surface area contributed by atoms with E-state index in [4.69, 9.17) is 9.47 Å². The first-order chi connectivity index (χ1) is 7.66. The number of methoxy groups -OCH3 is 1.